The lowest BCUT2D eigenvalue weighted by molar-refractivity contribution is -0.152. The van der Waals surface area contributed by atoms with Gasteiger partial charge < -0.3 is 19.5 Å². The average Bonchev–Trinajstić information content (AvgIpc) is 2.99. The summed E-state index contributed by atoms with van der Waals surface area (Å²) in [5, 5.41) is 3.00. The van der Waals surface area contributed by atoms with Gasteiger partial charge in [-0.05, 0) is 61.8 Å². The maximum absolute atomic E-state index is 12.8. The Morgan fingerprint density at radius 2 is 1.53 bits per heavy atom. The van der Waals surface area contributed by atoms with E-state index in [1.54, 1.807) is 20.8 Å². The van der Waals surface area contributed by atoms with Crippen LogP contribution in [0.4, 0.5) is 0 Å². The molecule has 0 saturated carbocycles. The number of esters is 3. The molecule has 0 unspecified atom stereocenters. The quantitative estimate of drug-likeness (QED) is 0.192. The van der Waals surface area contributed by atoms with Gasteiger partial charge in [0.2, 0.25) is 5.91 Å². The van der Waals surface area contributed by atoms with E-state index in [4.69, 9.17) is 14.2 Å². The standard InChI is InChI=1S/C35H43NO7/c1-25(2)43-34(39)20-21-41-33(38)19-18-32(37)36-31(22-26(3)35(40)42-24-28-10-6-4-7-11-28)23-27-14-16-30(17-15-27)29-12-8-5-9-13-29/h5-6,8-17,25-26,31H,4,7,18-24H2,1-3H3,(H,36,37)/t26-,31+/m1/s1. The van der Waals surface area contributed by atoms with Crippen molar-refractivity contribution in [3.05, 3.63) is 84.0 Å². The predicted octanol–water partition coefficient (Wildman–Crippen LogP) is 5.89. The summed E-state index contributed by atoms with van der Waals surface area (Å²) in [7, 11) is 0. The van der Waals surface area contributed by atoms with Crippen LogP contribution >= 0.6 is 0 Å². The maximum atomic E-state index is 12.8. The van der Waals surface area contributed by atoms with Gasteiger partial charge in [-0.1, -0.05) is 79.7 Å². The Bertz CT molecular complexity index is 1260. The molecule has 1 aliphatic carbocycles. The van der Waals surface area contributed by atoms with Gasteiger partial charge in [0.25, 0.3) is 0 Å². The first-order valence-corrected chi connectivity index (χ1v) is 15.0. The van der Waals surface area contributed by atoms with E-state index in [9.17, 15) is 19.2 Å². The molecule has 0 spiro atoms. The number of benzene rings is 2. The van der Waals surface area contributed by atoms with E-state index in [-0.39, 0.29) is 56.5 Å². The number of rotatable bonds is 16. The largest absolute Gasteiger partial charge is 0.465 e. The molecule has 43 heavy (non-hydrogen) atoms. The Morgan fingerprint density at radius 3 is 2.21 bits per heavy atom. The zero-order valence-corrected chi connectivity index (χ0v) is 25.4. The zero-order valence-electron chi connectivity index (χ0n) is 25.4. The normalized spacial score (nSPS) is 13.9. The molecule has 3 rings (SSSR count). The van der Waals surface area contributed by atoms with Gasteiger partial charge in [-0.15, -0.1) is 0 Å². The third kappa shape index (κ3) is 12.7. The minimum Gasteiger partial charge on any atom is -0.465 e. The third-order valence-electron chi connectivity index (χ3n) is 6.89. The van der Waals surface area contributed by atoms with Gasteiger partial charge in [0, 0.05) is 12.5 Å². The second-order valence-electron chi connectivity index (χ2n) is 11.0. The van der Waals surface area contributed by atoms with Crippen LogP contribution in [0.5, 0.6) is 0 Å². The molecule has 8 nitrogen and oxygen atoms in total. The first-order valence-electron chi connectivity index (χ1n) is 15.0. The molecule has 230 valence electrons. The molecule has 0 aromatic heterocycles. The maximum Gasteiger partial charge on any atom is 0.309 e. The molecule has 1 aliphatic rings. The van der Waals surface area contributed by atoms with Crippen LogP contribution in [0.2, 0.25) is 0 Å². The van der Waals surface area contributed by atoms with Gasteiger partial charge in [0.15, 0.2) is 0 Å². The number of carbonyl (C=O) groups excluding carboxylic acids is 4. The monoisotopic (exact) mass is 589 g/mol. The van der Waals surface area contributed by atoms with Gasteiger partial charge in [0.05, 0.1) is 24.9 Å². The van der Waals surface area contributed by atoms with Crippen molar-refractivity contribution in [2.45, 2.75) is 77.9 Å². The Hall–Kier alpha value is -4.20. The predicted molar refractivity (Wildman–Crippen MR) is 165 cm³/mol. The third-order valence-corrected chi connectivity index (χ3v) is 6.89. The Morgan fingerprint density at radius 1 is 0.814 bits per heavy atom. The molecule has 0 fully saturated rings. The Balaban J connectivity index is 1.56. The van der Waals surface area contributed by atoms with Gasteiger partial charge in [0.1, 0.15) is 13.2 Å². The van der Waals surface area contributed by atoms with Crippen molar-refractivity contribution in [3.63, 3.8) is 0 Å². The highest BCUT2D eigenvalue weighted by atomic mass is 16.6. The van der Waals surface area contributed by atoms with Crippen LogP contribution in [0.3, 0.4) is 0 Å². The number of hydrogen-bond acceptors (Lipinski definition) is 7. The minimum atomic E-state index is -0.566. The Labute approximate surface area is 254 Å². The van der Waals surface area contributed by atoms with Crippen molar-refractivity contribution < 1.29 is 33.4 Å². The van der Waals surface area contributed by atoms with Crippen LogP contribution < -0.4 is 5.32 Å². The lowest BCUT2D eigenvalue weighted by atomic mass is 9.94. The number of carbonyl (C=O) groups is 4. The summed E-state index contributed by atoms with van der Waals surface area (Å²) in [6.45, 7) is 5.42. The summed E-state index contributed by atoms with van der Waals surface area (Å²) in [5.74, 6) is -2.10. The van der Waals surface area contributed by atoms with Crippen LogP contribution in [0.1, 0.15) is 64.9 Å². The molecule has 8 heteroatoms. The Kier molecular flexibility index (Phi) is 13.7. The molecule has 2 aromatic carbocycles. The van der Waals surface area contributed by atoms with Crippen LogP contribution in [-0.2, 0) is 39.8 Å². The fourth-order valence-electron chi connectivity index (χ4n) is 4.69. The topological polar surface area (TPSA) is 108 Å². The van der Waals surface area contributed by atoms with E-state index in [0.29, 0.717) is 12.8 Å². The average molecular weight is 590 g/mol. The molecule has 0 radical (unpaired) electrons. The summed E-state index contributed by atoms with van der Waals surface area (Å²) in [4.78, 5) is 49.4. The minimum absolute atomic E-state index is 0.0389. The lowest BCUT2D eigenvalue weighted by Gasteiger charge is -2.22. The highest BCUT2D eigenvalue weighted by molar-refractivity contribution is 5.81. The smallest absolute Gasteiger partial charge is 0.309 e. The SMILES string of the molecule is CC(C)OC(=O)CCOC(=O)CCC(=O)N[C@H](Cc1ccc(-c2ccccc2)cc1)C[C@@H](C)C(=O)OCC1=CCCC=C1. The molecule has 0 bridgehead atoms. The van der Waals surface area contributed by atoms with Crippen molar-refractivity contribution in [3.8, 4) is 11.1 Å². The van der Waals surface area contributed by atoms with E-state index in [1.165, 1.54) is 0 Å². The number of nitrogens with one attached hydrogen (secondary N) is 1. The molecular weight excluding hydrogens is 546 g/mol. The van der Waals surface area contributed by atoms with Gasteiger partial charge in [-0.2, -0.15) is 0 Å². The van der Waals surface area contributed by atoms with Crippen molar-refractivity contribution >= 4 is 23.8 Å². The molecule has 0 saturated heterocycles. The number of amides is 1. The van der Waals surface area contributed by atoms with Gasteiger partial charge in [-0.25, -0.2) is 0 Å². The fourth-order valence-corrected chi connectivity index (χ4v) is 4.69. The molecule has 2 aromatic rings. The summed E-state index contributed by atoms with van der Waals surface area (Å²) in [5.41, 5.74) is 4.19. The molecule has 2 atom stereocenters. The van der Waals surface area contributed by atoms with Crippen LogP contribution in [0.15, 0.2) is 78.4 Å². The van der Waals surface area contributed by atoms with Crippen LogP contribution in [0, 0.1) is 5.92 Å². The summed E-state index contributed by atoms with van der Waals surface area (Å²) in [6.07, 6.45) is 8.46. The van der Waals surface area contributed by atoms with Crippen molar-refractivity contribution in [1.29, 1.82) is 0 Å². The van der Waals surface area contributed by atoms with E-state index < -0.39 is 17.9 Å². The van der Waals surface area contributed by atoms with E-state index in [0.717, 1.165) is 35.1 Å². The molecule has 1 N–H and O–H groups in total. The first kappa shape index (κ1) is 33.3. The zero-order chi connectivity index (χ0) is 31.0. The van der Waals surface area contributed by atoms with Crippen molar-refractivity contribution in [2.75, 3.05) is 13.2 Å². The van der Waals surface area contributed by atoms with Crippen molar-refractivity contribution in [2.24, 2.45) is 5.92 Å². The molecule has 0 aliphatic heterocycles. The highest BCUT2D eigenvalue weighted by Gasteiger charge is 2.23. The van der Waals surface area contributed by atoms with E-state index in [2.05, 4.69) is 17.5 Å². The van der Waals surface area contributed by atoms with E-state index >= 15 is 0 Å². The molecular formula is C35H43NO7. The van der Waals surface area contributed by atoms with Crippen LogP contribution in [0.25, 0.3) is 11.1 Å². The molecule has 1 amide bonds. The van der Waals surface area contributed by atoms with Gasteiger partial charge in [-0.3, -0.25) is 19.2 Å². The second-order valence-corrected chi connectivity index (χ2v) is 11.0. The second kappa shape index (κ2) is 17.7. The first-order chi connectivity index (χ1) is 20.7. The van der Waals surface area contributed by atoms with E-state index in [1.807, 2.05) is 60.7 Å². The summed E-state index contributed by atoms with van der Waals surface area (Å²) in [6, 6.07) is 17.8. The van der Waals surface area contributed by atoms with Gasteiger partial charge >= 0.3 is 17.9 Å². The molecule has 0 heterocycles. The highest BCUT2D eigenvalue weighted by Crippen LogP contribution is 2.21. The number of hydrogen-bond donors (Lipinski definition) is 1. The van der Waals surface area contributed by atoms with Crippen molar-refractivity contribution in [1.82, 2.24) is 5.32 Å². The fraction of sp³-hybridized carbons (Fsp3) is 0.429. The van der Waals surface area contributed by atoms with Crippen LogP contribution in [-0.4, -0.2) is 49.2 Å². The summed E-state index contributed by atoms with van der Waals surface area (Å²) < 4.78 is 15.6. The lowest BCUT2D eigenvalue weighted by Crippen LogP contribution is -2.39. The number of allylic oxidation sites excluding steroid dienone is 2. The summed E-state index contributed by atoms with van der Waals surface area (Å²) >= 11 is 0. The number of ether oxygens (including phenoxy) is 3.